The molecule has 1 rings (SSSR count). The third kappa shape index (κ3) is 3.92. The monoisotopic (exact) mass is 232 g/mol. The van der Waals surface area contributed by atoms with E-state index in [2.05, 4.69) is 4.74 Å². The van der Waals surface area contributed by atoms with Crippen LogP contribution in [0, 0.1) is 0 Å². The van der Waals surface area contributed by atoms with Gasteiger partial charge < -0.3 is 4.74 Å². The summed E-state index contributed by atoms with van der Waals surface area (Å²) in [5.74, 6) is -0.879. The van der Waals surface area contributed by atoms with E-state index < -0.39 is 18.2 Å². The second-order valence-corrected chi connectivity index (χ2v) is 3.34. The Hall–Kier alpha value is -1.52. The van der Waals surface area contributed by atoms with Gasteiger partial charge in [-0.1, -0.05) is 30.3 Å². The van der Waals surface area contributed by atoms with Crippen molar-refractivity contribution in [2.75, 3.05) is 0 Å². The molecule has 0 aliphatic rings. The molecule has 0 unspecified atom stereocenters. The second-order valence-electron chi connectivity index (χ2n) is 3.34. The van der Waals surface area contributed by atoms with Gasteiger partial charge in [0.25, 0.3) is 0 Å². The molecule has 0 heterocycles. The number of esters is 1. The molecule has 0 N–H and O–H groups in total. The molecule has 0 saturated carbocycles. The molecule has 1 aromatic rings. The predicted molar refractivity (Wildman–Crippen MR) is 51.8 cm³/mol. The summed E-state index contributed by atoms with van der Waals surface area (Å²) in [7, 11) is 0. The molecular weight excluding hydrogens is 221 g/mol. The molecule has 0 spiro atoms. The maximum atomic E-state index is 12.1. The van der Waals surface area contributed by atoms with Crippen LogP contribution in [0.5, 0.6) is 0 Å². The van der Waals surface area contributed by atoms with Crippen LogP contribution in [-0.2, 0) is 16.0 Å². The summed E-state index contributed by atoms with van der Waals surface area (Å²) < 4.78 is 40.5. The van der Waals surface area contributed by atoms with E-state index in [1.54, 1.807) is 30.3 Å². The van der Waals surface area contributed by atoms with Gasteiger partial charge in [-0.05, 0) is 12.5 Å². The number of hydrogen-bond donors (Lipinski definition) is 0. The first-order chi connectivity index (χ1) is 7.39. The number of benzene rings is 1. The first-order valence-electron chi connectivity index (χ1n) is 4.69. The number of rotatable bonds is 3. The smallest absolute Gasteiger partial charge is 0.425 e. The lowest BCUT2D eigenvalue weighted by molar-refractivity contribution is -0.215. The zero-order valence-electron chi connectivity index (χ0n) is 8.62. The van der Waals surface area contributed by atoms with Crippen LogP contribution in [0.4, 0.5) is 13.2 Å². The van der Waals surface area contributed by atoms with Crippen molar-refractivity contribution in [2.24, 2.45) is 0 Å². The van der Waals surface area contributed by atoms with Crippen molar-refractivity contribution >= 4 is 5.97 Å². The van der Waals surface area contributed by atoms with Crippen LogP contribution in [0.1, 0.15) is 12.5 Å². The molecule has 0 radical (unpaired) electrons. The number of carbonyl (C=O) groups is 1. The van der Waals surface area contributed by atoms with Crippen LogP contribution in [0.2, 0.25) is 0 Å². The van der Waals surface area contributed by atoms with Crippen LogP contribution < -0.4 is 0 Å². The fraction of sp³-hybridized carbons (Fsp3) is 0.364. The van der Waals surface area contributed by atoms with Crippen LogP contribution >= 0.6 is 0 Å². The molecule has 2 nitrogen and oxygen atoms in total. The van der Waals surface area contributed by atoms with Crippen molar-refractivity contribution in [3.05, 3.63) is 35.9 Å². The van der Waals surface area contributed by atoms with Gasteiger partial charge in [0.05, 0.1) is 6.42 Å². The van der Waals surface area contributed by atoms with Crippen molar-refractivity contribution < 1.29 is 22.7 Å². The molecule has 0 amide bonds. The summed E-state index contributed by atoms with van der Waals surface area (Å²) in [6.07, 6.45) is -6.73. The van der Waals surface area contributed by atoms with Crippen molar-refractivity contribution in [3.8, 4) is 0 Å². The van der Waals surface area contributed by atoms with Gasteiger partial charge in [-0.3, -0.25) is 4.79 Å². The largest absolute Gasteiger partial charge is 0.453 e. The summed E-state index contributed by atoms with van der Waals surface area (Å²) in [4.78, 5) is 11.1. The number of carbonyl (C=O) groups excluding carboxylic acids is 1. The first kappa shape index (κ1) is 12.5. The normalized spacial score (nSPS) is 13.2. The lowest BCUT2D eigenvalue weighted by atomic mass is 10.1. The van der Waals surface area contributed by atoms with Crippen LogP contribution in [-0.4, -0.2) is 18.2 Å². The Kier molecular flexibility index (Phi) is 3.93. The quantitative estimate of drug-likeness (QED) is 0.749. The number of halogens is 3. The highest BCUT2D eigenvalue weighted by Gasteiger charge is 2.39. The minimum Gasteiger partial charge on any atom is -0.453 e. The summed E-state index contributed by atoms with van der Waals surface area (Å²) in [6, 6.07) is 8.47. The number of ether oxygens (including phenoxy) is 1. The Morgan fingerprint density at radius 3 is 2.38 bits per heavy atom. The highest BCUT2D eigenvalue weighted by atomic mass is 19.4. The third-order valence-corrected chi connectivity index (χ3v) is 1.96. The Balaban J connectivity index is 2.49. The zero-order valence-corrected chi connectivity index (χ0v) is 8.62. The average molecular weight is 232 g/mol. The standard InChI is InChI=1S/C11H11F3O2/c1-8(11(12,13)14)16-10(15)7-9-5-3-2-4-6-9/h2-6,8H,7H2,1H3/t8-/m1/s1. The SMILES string of the molecule is C[C@@H](OC(=O)Cc1ccccc1)C(F)(F)F. The molecule has 0 aromatic heterocycles. The first-order valence-corrected chi connectivity index (χ1v) is 4.69. The molecule has 5 heteroatoms. The molecule has 0 aliphatic carbocycles. The summed E-state index contributed by atoms with van der Waals surface area (Å²) in [5, 5.41) is 0. The Morgan fingerprint density at radius 1 is 1.31 bits per heavy atom. The maximum Gasteiger partial charge on any atom is 0.425 e. The van der Waals surface area contributed by atoms with Gasteiger partial charge in [0.2, 0.25) is 0 Å². The zero-order chi connectivity index (χ0) is 12.2. The van der Waals surface area contributed by atoms with Gasteiger partial charge in [0.1, 0.15) is 0 Å². The molecule has 0 fully saturated rings. The van der Waals surface area contributed by atoms with Gasteiger partial charge in [0.15, 0.2) is 6.10 Å². The van der Waals surface area contributed by atoms with E-state index in [1.165, 1.54) is 0 Å². The maximum absolute atomic E-state index is 12.1. The molecule has 1 atom stereocenters. The van der Waals surface area contributed by atoms with Crippen molar-refractivity contribution in [1.82, 2.24) is 0 Å². The summed E-state index contributed by atoms with van der Waals surface area (Å²) in [6.45, 7) is 0.808. The predicted octanol–water partition coefficient (Wildman–Crippen LogP) is 2.72. The molecule has 16 heavy (non-hydrogen) atoms. The number of hydrogen-bond acceptors (Lipinski definition) is 2. The van der Waals surface area contributed by atoms with Gasteiger partial charge in [-0.25, -0.2) is 0 Å². The van der Waals surface area contributed by atoms with Crippen molar-refractivity contribution in [2.45, 2.75) is 25.6 Å². The lowest BCUT2D eigenvalue weighted by Gasteiger charge is -2.16. The van der Waals surface area contributed by atoms with Crippen molar-refractivity contribution in [3.63, 3.8) is 0 Å². The minimum absolute atomic E-state index is 0.152. The van der Waals surface area contributed by atoms with Gasteiger partial charge >= 0.3 is 12.1 Å². The van der Waals surface area contributed by atoms with E-state index in [9.17, 15) is 18.0 Å². The second kappa shape index (κ2) is 5.01. The van der Waals surface area contributed by atoms with E-state index in [4.69, 9.17) is 0 Å². The van der Waals surface area contributed by atoms with Gasteiger partial charge in [0, 0.05) is 0 Å². The van der Waals surface area contributed by atoms with Gasteiger partial charge in [-0.15, -0.1) is 0 Å². The van der Waals surface area contributed by atoms with E-state index in [1.807, 2.05) is 0 Å². The van der Waals surface area contributed by atoms with Crippen molar-refractivity contribution in [1.29, 1.82) is 0 Å². The highest BCUT2D eigenvalue weighted by Crippen LogP contribution is 2.22. The Bertz CT molecular complexity index is 346. The van der Waals surface area contributed by atoms with Crippen LogP contribution in [0.15, 0.2) is 30.3 Å². The topological polar surface area (TPSA) is 26.3 Å². The van der Waals surface area contributed by atoms with Gasteiger partial charge in [-0.2, -0.15) is 13.2 Å². The summed E-state index contributed by atoms with van der Waals surface area (Å²) in [5.41, 5.74) is 0.627. The van der Waals surface area contributed by atoms with E-state index in [-0.39, 0.29) is 6.42 Å². The molecule has 1 aromatic carbocycles. The van der Waals surface area contributed by atoms with E-state index in [0.717, 1.165) is 6.92 Å². The van der Waals surface area contributed by atoms with E-state index in [0.29, 0.717) is 5.56 Å². The Labute approximate surface area is 91.0 Å². The average Bonchev–Trinajstić information content (AvgIpc) is 2.17. The lowest BCUT2D eigenvalue weighted by Crippen LogP contribution is -2.31. The summed E-state index contributed by atoms with van der Waals surface area (Å²) >= 11 is 0. The third-order valence-electron chi connectivity index (χ3n) is 1.96. The highest BCUT2D eigenvalue weighted by molar-refractivity contribution is 5.72. The van der Waals surface area contributed by atoms with Crippen LogP contribution in [0.25, 0.3) is 0 Å². The molecule has 0 saturated heterocycles. The Morgan fingerprint density at radius 2 is 1.88 bits per heavy atom. The molecule has 0 bridgehead atoms. The van der Waals surface area contributed by atoms with E-state index >= 15 is 0 Å². The number of alkyl halides is 3. The molecule has 88 valence electrons. The fourth-order valence-electron chi connectivity index (χ4n) is 1.07. The molecule has 0 aliphatic heterocycles. The fourth-order valence-corrected chi connectivity index (χ4v) is 1.07. The molecular formula is C11H11F3O2. The minimum atomic E-state index is -4.51. The van der Waals surface area contributed by atoms with Crippen LogP contribution in [0.3, 0.4) is 0 Å².